The second kappa shape index (κ2) is 5.73. The van der Waals surface area contributed by atoms with Crippen molar-refractivity contribution >= 4 is 21.4 Å². The number of carbonyl (C=O) groups excluding carboxylic acids is 1. The van der Waals surface area contributed by atoms with Gasteiger partial charge in [0.1, 0.15) is 0 Å². The summed E-state index contributed by atoms with van der Waals surface area (Å²) in [6.45, 7) is 0. The third-order valence-corrected chi connectivity index (χ3v) is 6.48. The lowest BCUT2D eigenvalue weighted by Gasteiger charge is -2.27. The number of alkyl halides is 3. The van der Waals surface area contributed by atoms with E-state index >= 15 is 0 Å². The molecule has 0 radical (unpaired) electrons. The highest BCUT2D eigenvalue weighted by molar-refractivity contribution is 7.92. The standard InChI is InChI=1S/C15H17F3N2O3S/c16-15(17,18)24(22,23)11-3-1-2-10(7-11)20-14(21)12-8-4-5-9(6-8)13(12)19/h1-3,7-9,12-13H,4-6,19H2,(H,20,21)/t8-,9+,12-,13+/m0/s1. The molecule has 5 nitrogen and oxygen atoms in total. The van der Waals surface area contributed by atoms with E-state index in [4.69, 9.17) is 5.73 Å². The van der Waals surface area contributed by atoms with Gasteiger partial charge in [-0.15, -0.1) is 0 Å². The Bertz CT molecular complexity index is 761. The minimum absolute atomic E-state index is 0.0142. The maximum absolute atomic E-state index is 12.6. The number of fused-ring (bicyclic) bond motifs is 2. The number of nitrogens with two attached hydrogens (primary N) is 1. The van der Waals surface area contributed by atoms with Gasteiger partial charge < -0.3 is 11.1 Å². The molecule has 0 saturated heterocycles. The molecule has 0 heterocycles. The first kappa shape index (κ1) is 17.2. The third kappa shape index (κ3) is 2.79. The van der Waals surface area contributed by atoms with Crippen LogP contribution in [0.2, 0.25) is 0 Å². The van der Waals surface area contributed by atoms with Gasteiger partial charge in [-0.1, -0.05) is 6.07 Å². The highest BCUT2D eigenvalue weighted by Gasteiger charge is 2.49. The van der Waals surface area contributed by atoms with Crippen molar-refractivity contribution in [2.45, 2.75) is 35.7 Å². The molecular weight excluding hydrogens is 345 g/mol. The second-order valence-corrected chi connectivity index (χ2v) is 8.34. The summed E-state index contributed by atoms with van der Waals surface area (Å²) in [5.74, 6) is -0.252. The van der Waals surface area contributed by atoms with Gasteiger partial charge in [-0.25, -0.2) is 8.42 Å². The number of carbonyl (C=O) groups is 1. The summed E-state index contributed by atoms with van der Waals surface area (Å²) in [5, 5.41) is 2.51. The molecule has 1 aromatic rings. The number of rotatable bonds is 3. The lowest BCUT2D eigenvalue weighted by molar-refractivity contribution is -0.121. The molecule has 1 amide bonds. The van der Waals surface area contributed by atoms with Crippen LogP contribution in [0.1, 0.15) is 19.3 Å². The number of nitrogens with one attached hydrogen (secondary N) is 1. The quantitative estimate of drug-likeness (QED) is 0.863. The summed E-state index contributed by atoms with van der Waals surface area (Å²) >= 11 is 0. The van der Waals surface area contributed by atoms with Gasteiger partial charge in [0.15, 0.2) is 0 Å². The van der Waals surface area contributed by atoms with Gasteiger partial charge in [-0.3, -0.25) is 4.79 Å². The first-order valence-corrected chi connectivity index (χ1v) is 9.07. The van der Waals surface area contributed by atoms with E-state index in [-0.39, 0.29) is 29.5 Å². The summed E-state index contributed by atoms with van der Waals surface area (Å²) in [6.07, 6.45) is 2.80. The van der Waals surface area contributed by atoms with E-state index in [2.05, 4.69) is 5.32 Å². The van der Waals surface area contributed by atoms with Gasteiger partial charge in [0.05, 0.1) is 10.8 Å². The summed E-state index contributed by atoms with van der Waals surface area (Å²) < 4.78 is 60.8. The van der Waals surface area contributed by atoms with Crippen molar-refractivity contribution in [2.24, 2.45) is 23.5 Å². The maximum atomic E-state index is 12.6. The zero-order chi connectivity index (χ0) is 17.7. The number of benzene rings is 1. The predicted octanol–water partition coefficient (Wildman–Crippen LogP) is 2.29. The lowest BCUT2D eigenvalue weighted by atomic mass is 9.84. The Labute approximate surface area is 137 Å². The zero-order valence-corrected chi connectivity index (χ0v) is 13.4. The zero-order valence-electron chi connectivity index (χ0n) is 12.6. The fourth-order valence-electron chi connectivity index (χ4n) is 3.83. The number of anilines is 1. The monoisotopic (exact) mass is 362 g/mol. The van der Waals surface area contributed by atoms with Gasteiger partial charge in [-0.05, 0) is 49.3 Å². The van der Waals surface area contributed by atoms with E-state index < -0.39 is 20.2 Å². The number of amides is 1. The average molecular weight is 362 g/mol. The van der Waals surface area contributed by atoms with E-state index in [0.29, 0.717) is 5.92 Å². The molecule has 2 aliphatic rings. The molecule has 2 bridgehead atoms. The Morgan fingerprint density at radius 3 is 2.46 bits per heavy atom. The molecule has 3 rings (SSSR count). The van der Waals surface area contributed by atoms with E-state index in [1.165, 1.54) is 6.07 Å². The molecule has 0 aromatic heterocycles. The fourth-order valence-corrected chi connectivity index (χ4v) is 4.63. The maximum Gasteiger partial charge on any atom is 0.501 e. The Morgan fingerprint density at radius 2 is 1.88 bits per heavy atom. The minimum atomic E-state index is -5.45. The van der Waals surface area contributed by atoms with Crippen LogP contribution in [0.3, 0.4) is 0 Å². The van der Waals surface area contributed by atoms with Crippen molar-refractivity contribution in [1.29, 1.82) is 0 Å². The van der Waals surface area contributed by atoms with Crippen LogP contribution in [0.15, 0.2) is 29.2 Å². The SMILES string of the molecule is N[C@@H]1[C@@H]2CC[C@@H](C2)[C@@H]1C(=O)Nc1cccc(S(=O)(=O)C(F)(F)F)c1. The molecule has 0 aliphatic heterocycles. The van der Waals surface area contributed by atoms with Crippen LogP contribution in [-0.2, 0) is 14.6 Å². The van der Waals surface area contributed by atoms with E-state index in [9.17, 15) is 26.4 Å². The largest absolute Gasteiger partial charge is 0.501 e. The Morgan fingerprint density at radius 1 is 1.21 bits per heavy atom. The number of hydrogen-bond acceptors (Lipinski definition) is 4. The number of sulfone groups is 1. The van der Waals surface area contributed by atoms with Crippen LogP contribution in [0.4, 0.5) is 18.9 Å². The fraction of sp³-hybridized carbons (Fsp3) is 0.533. The minimum Gasteiger partial charge on any atom is -0.327 e. The van der Waals surface area contributed by atoms with Gasteiger partial charge in [0.2, 0.25) is 5.91 Å². The first-order chi connectivity index (χ1) is 11.1. The van der Waals surface area contributed by atoms with Crippen LogP contribution in [0, 0.1) is 17.8 Å². The molecule has 3 N–H and O–H groups in total. The van der Waals surface area contributed by atoms with Crippen molar-refractivity contribution < 1.29 is 26.4 Å². The van der Waals surface area contributed by atoms with Crippen molar-refractivity contribution in [3.63, 3.8) is 0 Å². The first-order valence-electron chi connectivity index (χ1n) is 7.59. The topological polar surface area (TPSA) is 89.3 Å². The van der Waals surface area contributed by atoms with Gasteiger partial charge in [0.25, 0.3) is 9.84 Å². The van der Waals surface area contributed by atoms with Crippen LogP contribution in [-0.4, -0.2) is 25.9 Å². The van der Waals surface area contributed by atoms with Crippen LogP contribution in [0.5, 0.6) is 0 Å². The van der Waals surface area contributed by atoms with Gasteiger partial charge in [0, 0.05) is 11.7 Å². The van der Waals surface area contributed by atoms with Crippen LogP contribution >= 0.6 is 0 Å². The Balaban J connectivity index is 1.80. The number of halogens is 3. The molecule has 0 unspecified atom stereocenters. The Kier molecular flexibility index (Phi) is 4.11. The van der Waals surface area contributed by atoms with E-state index in [1.54, 1.807) is 0 Å². The smallest absolute Gasteiger partial charge is 0.327 e. The molecule has 2 saturated carbocycles. The summed E-state index contributed by atoms with van der Waals surface area (Å²) in [6, 6.07) is 3.92. The third-order valence-electron chi connectivity index (χ3n) is 5.00. The second-order valence-electron chi connectivity index (χ2n) is 6.40. The normalized spacial score (nSPS) is 29.7. The summed E-state index contributed by atoms with van der Waals surface area (Å²) in [4.78, 5) is 11.5. The van der Waals surface area contributed by atoms with Crippen molar-refractivity contribution in [3.8, 4) is 0 Å². The highest BCUT2D eigenvalue weighted by atomic mass is 32.2. The highest BCUT2D eigenvalue weighted by Crippen LogP contribution is 2.48. The van der Waals surface area contributed by atoms with Crippen molar-refractivity contribution in [2.75, 3.05) is 5.32 Å². The van der Waals surface area contributed by atoms with E-state index in [0.717, 1.165) is 37.5 Å². The average Bonchev–Trinajstić information content (AvgIpc) is 3.07. The molecule has 9 heteroatoms. The van der Waals surface area contributed by atoms with Crippen molar-refractivity contribution in [3.05, 3.63) is 24.3 Å². The summed E-state index contributed by atoms with van der Waals surface area (Å²) in [5.41, 5.74) is 0.697. The van der Waals surface area contributed by atoms with E-state index in [1.807, 2.05) is 0 Å². The number of hydrogen-bond donors (Lipinski definition) is 2. The van der Waals surface area contributed by atoms with Gasteiger partial charge in [-0.2, -0.15) is 13.2 Å². The van der Waals surface area contributed by atoms with Crippen LogP contribution < -0.4 is 11.1 Å². The van der Waals surface area contributed by atoms with Crippen LogP contribution in [0.25, 0.3) is 0 Å². The molecule has 2 fully saturated rings. The molecular formula is C15H17F3N2O3S. The van der Waals surface area contributed by atoms with Gasteiger partial charge >= 0.3 is 5.51 Å². The molecule has 1 aromatic carbocycles. The molecule has 2 aliphatic carbocycles. The molecule has 0 spiro atoms. The molecule has 4 atom stereocenters. The summed E-state index contributed by atoms with van der Waals surface area (Å²) in [7, 11) is -5.45. The lowest BCUT2D eigenvalue weighted by Crippen LogP contribution is -2.42. The Hall–Kier alpha value is -1.61. The molecule has 24 heavy (non-hydrogen) atoms. The molecule has 132 valence electrons. The van der Waals surface area contributed by atoms with Crippen molar-refractivity contribution in [1.82, 2.24) is 0 Å². The predicted molar refractivity (Wildman–Crippen MR) is 80.6 cm³/mol.